The van der Waals surface area contributed by atoms with Crippen LogP contribution in [0.25, 0.3) is 5.57 Å². The number of methoxy groups -OCH3 is 2. The third-order valence-electron chi connectivity index (χ3n) is 4.16. The summed E-state index contributed by atoms with van der Waals surface area (Å²) >= 11 is 0. The molecule has 1 atom stereocenters. The van der Waals surface area contributed by atoms with Gasteiger partial charge in [-0.1, -0.05) is 24.3 Å². The van der Waals surface area contributed by atoms with E-state index in [1.165, 1.54) is 12.4 Å². The molecule has 0 saturated carbocycles. The molecule has 0 bridgehead atoms. The van der Waals surface area contributed by atoms with Gasteiger partial charge in [-0.05, 0) is 35.4 Å². The highest BCUT2D eigenvalue weighted by atomic mass is 16.5. The fourth-order valence-corrected chi connectivity index (χ4v) is 2.68. The number of ether oxygens (including phenoxy) is 2. The number of anilines is 1. The SMILES string of the molecule is COCCNC(C(=O)Nc1ccc(/C(C=N)=C/N)cc1)c1cccc(OC)c1. The van der Waals surface area contributed by atoms with Crippen molar-refractivity contribution < 1.29 is 14.3 Å². The standard InChI is InChI=1S/C21H26N4O3/c1-27-11-10-24-20(16-4-3-5-19(12-16)28-2)21(26)25-18-8-6-15(7-9-18)17(13-22)14-23/h3-9,12-14,20,22,24H,10-11,23H2,1-2H3,(H,25,26)/b17-14+,22-13?. The van der Waals surface area contributed by atoms with Crippen LogP contribution in [-0.2, 0) is 9.53 Å². The zero-order chi connectivity index (χ0) is 20.4. The number of nitrogens with one attached hydrogen (secondary N) is 3. The van der Waals surface area contributed by atoms with Gasteiger partial charge in [0.05, 0.1) is 13.7 Å². The summed E-state index contributed by atoms with van der Waals surface area (Å²) in [5, 5.41) is 13.5. The number of nitrogens with two attached hydrogens (primary N) is 1. The number of rotatable bonds is 10. The van der Waals surface area contributed by atoms with Gasteiger partial charge in [0, 0.05) is 37.3 Å². The third-order valence-corrected chi connectivity index (χ3v) is 4.16. The lowest BCUT2D eigenvalue weighted by molar-refractivity contribution is -0.118. The van der Waals surface area contributed by atoms with Crippen molar-refractivity contribution in [2.75, 3.05) is 32.7 Å². The summed E-state index contributed by atoms with van der Waals surface area (Å²) in [6, 6.07) is 14.0. The summed E-state index contributed by atoms with van der Waals surface area (Å²) in [6.45, 7) is 1.01. The van der Waals surface area contributed by atoms with Gasteiger partial charge in [-0.2, -0.15) is 0 Å². The van der Waals surface area contributed by atoms with Crippen LogP contribution in [0.1, 0.15) is 17.2 Å². The van der Waals surface area contributed by atoms with Crippen molar-refractivity contribution in [2.24, 2.45) is 5.73 Å². The van der Waals surface area contributed by atoms with Crippen LogP contribution in [0.2, 0.25) is 0 Å². The summed E-state index contributed by atoms with van der Waals surface area (Å²) in [5.41, 5.74) is 8.36. The van der Waals surface area contributed by atoms with Gasteiger partial charge < -0.3 is 25.9 Å². The number of hydrogen-bond acceptors (Lipinski definition) is 6. The zero-order valence-electron chi connectivity index (χ0n) is 16.1. The van der Waals surface area contributed by atoms with Gasteiger partial charge in [-0.15, -0.1) is 0 Å². The van der Waals surface area contributed by atoms with Gasteiger partial charge in [-0.25, -0.2) is 0 Å². The lowest BCUT2D eigenvalue weighted by atomic mass is 10.0. The van der Waals surface area contributed by atoms with Crippen molar-refractivity contribution in [3.8, 4) is 5.75 Å². The molecule has 148 valence electrons. The number of benzene rings is 2. The number of amides is 1. The van der Waals surface area contributed by atoms with E-state index in [2.05, 4.69) is 10.6 Å². The normalized spacial score (nSPS) is 12.3. The Morgan fingerprint density at radius 3 is 2.57 bits per heavy atom. The van der Waals surface area contributed by atoms with Crippen LogP contribution in [0, 0.1) is 5.41 Å². The maximum Gasteiger partial charge on any atom is 0.246 e. The Labute approximate surface area is 165 Å². The first-order chi connectivity index (χ1) is 13.6. The predicted molar refractivity (Wildman–Crippen MR) is 112 cm³/mol. The monoisotopic (exact) mass is 382 g/mol. The van der Waals surface area contributed by atoms with Crippen LogP contribution >= 0.6 is 0 Å². The molecule has 2 rings (SSSR count). The van der Waals surface area contributed by atoms with Crippen LogP contribution in [0.15, 0.2) is 54.7 Å². The Morgan fingerprint density at radius 1 is 1.21 bits per heavy atom. The third kappa shape index (κ3) is 5.67. The second-order valence-electron chi connectivity index (χ2n) is 5.99. The second kappa shape index (κ2) is 10.9. The van der Waals surface area contributed by atoms with Gasteiger partial charge in [-0.3, -0.25) is 10.1 Å². The highest BCUT2D eigenvalue weighted by Crippen LogP contribution is 2.22. The summed E-state index contributed by atoms with van der Waals surface area (Å²) in [6.07, 6.45) is 2.56. The molecule has 0 spiro atoms. The Hall–Kier alpha value is -3.16. The molecule has 5 N–H and O–H groups in total. The van der Waals surface area contributed by atoms with Crippen molar-refractivity contribution in [1.29, 1.82) is 5.41 Å². The first-order valence-electron chi connectivity index (χ1n) is 8.83. The molecule has 7 nitrogen and oxygen atoms in total. The Kier molecular flexibility index (Phi) is 8.20. The first-order valence-corrected chi connectivity index (χ1v) is 8.83. The predicted octanol–water partition coefficient (Wildman–Crippen LogP) is 2.56. The molecule has 0 radical (unpaired) electrons. The molecule has 0 aromatic heterocycles. The number of carbonyl (C=O) groups is 1. The molecule has 28 heavy (non-hydrogen) atoms. The molecule has 0 saturated heterocycles. The van der Waals surface area contributed by atoms with E-state index in [4.69, 9.17) is 20.6 Å². The minimum atomic E-state index is -0.564. The minimum Gasteiger partial charge on any atom is -0.497 e. The van der Waals surface area contributed by atoms with Gasteiger partial charge in [0.1, 0.15) is 11.8 Å². The fourth-order valence-electron chi connectivity index (χ4n) is 2.68. The smallest absolute Gasteiger partial charge is 0.246 e. The van der Waals surface area contributed by atoms with Gasteiger partial charge in [0.2, 0.25) is 5.91 Å². The van der Waals surface area contributed by atoms with Crippen LogP contribution in [0.3, 0.4) is 0 Å². The van der Waals surface area contributed by atoms with E-state index >= 15 is 0 Å². The van der Waals surface area contributed by atoms with Crippen molar-refractivity contribution in [3.63, 3.8) is 0 Å². The van der Waals surface area contributed by atoms with E-state index in [1.54, 1.807) is 38.5 Å². The van der Waals surface area contributed by atoms with Gasteiger partial charge in [0.15, 0.2) is 0 Å². The lowest BCUT2D eigenvalue weighted by Gasteiger charge is -2.19. The molecule has 2 aromatic rings. The molecule has 1 amide bonds. The Morgan fingerprint density at radius 2 is 1.96 bits per heavy atom. The molecule has 2 aromatic carbocycles. The minimum absolute atomic E-state index is 0.196. The second-order valence-corrected chi connectivity index (χ2v) is 5.99. The number of carbonyl (C=O) groups excluding carboxylic acids is 1. The highest BCUT2D eigenvalue weighted by molar-refractivity contribution is 6.08. The van der Waals surface area contributed by atoms with Crippen LogP contribution in [-0.4, -0.2) is 39.5 Å². The van der Waals surface area contributed by atoms with Crippen molar-refractivity contribution in [2.45, 2.75) is 6.04 Å². The largest absolute Gasteiger partial charge is 0.497 e. The van der Waals surface area contributed by atoms with E-state index in [1.807, 2.05) is 24.3 Å². The van der Waals surface area contributed by atoms with Crippen molar-refractivity contribution in [3.05, 3.63) is 65.9 Å². The molecule has 7 heteroatoms. The fraction of sp³-hybridized carbons (Fsp3) is 0.238. The van der Waals surface area contributed by atoms with Crippen LogP contribution in [0.4, 0.5) is 5.69 Å². The quantitative estimate of drug-likeness (QED) is 0.373. The molecule has 1 unspecified atom stereocenters. The molecule has 0 aliphatic rings. The van der Waals surface area contributed by atoms with Crippen molar-refractivity contribution in [1.82, 2.24) is 5.32 Å². The highest BCUT2D eigenvalue weighted by Gasteiger charge is 2.20. The van der Waals surface area contributed by atoms with E-state index in [0.29, 0.717) is 30.2 Å². The van der Waals surface area contributed by atoms with E-state index in [-0.39, 0.29) is 5.91 Å². The van der Waals surface area contributed by atoms with Crippen molar-refractivity contribution >= 4 is 23.4 Å². The molecular weight excluding hydrogens is 356 g/mol. The maximum atomic E-state index is 12.9. The van der Waals surface area contributed by atoms with Crippen LogP contribution < -0.4 is 21.1 Å². The first kappa shape index (κ1) is 21.1. The molecule has 0 heterocycles. The molecular formula is C21H26N4O3. The zero-order valence-corrected chi connectivity index (χ0v) is 16.1. The summed E-state index contributed by atoms with van der Waals surface area (Å²) < 4.78 is 10.3. The molecule has 0 aliphatic carbocycles. The van der Waals surface area contributed by atoms with Gasteiger partial charge >= 0.3 is 0 Å². The average molecular weight is 382 g/mol. The topological polar surface area (TPSA) is 109 Å². The van der Waals surface area contributed by atoms with E-state index in [9.17, 15) is 4.79 Å². The van der Waals surface area contributed by atoms with Crippen LogP contribution in [0.5, 0.6) is 5.75 Å². The summed E-state index contributed by atoms with van der Waals surface area (Å²) in [5.74, 6) is 0.486. The van der Waals surface area contributed by atoms with Gasteiger partial charge in [0.25, 0.3) is 0 Å². The van der Waals surface area contributed by atoms with E-state index in [0.717, 1.165) is 11.1 Å². The maximum absolute atomic E-state index is 12.9. The average Bonchev–Trinajstić information content (AvgIpc) is 2.73. The summed E-state index contributed by atoms with van der Waals surface area (Å²) in [7, 11) is 3.20. The summed E-state index contributed by atoms with van der Waals surface area (Å²) in [4.78, 5) is 12.9. The number of hydrogen-bond donors (Lipinski definition) is 4. The lowest BCUT2D eigenvalue weighted by Crippen LogP contribution is -2.34. The Balaban J connectivity index is 2.18. The number of allylic oxidation sites excluding steroid dienone is 1. The van der Waals surface area contributed by atoms with E-state index < -0.39 is 6.04 Å². The Bertz CT molecular complexity index is 819. The molecule has 0 aliphatic heterocycles. The molecule has 0 fully saturated rings.